The van der Waals surface area contributed by atoms with Crippen molar-refractivity contribution >= 4 is 11.6 Å². The molecule has 1 fully saturated rings. The average molecular weight is 449 g/mol. The van der Waals surface area contributed by atoms with Crippen molar-refractivity contribution in [1.29, 1.82) is 0 Å². The number of hydrogen-bond acceptors (Lipinski definition) is 7. The van der Waals surface area contributed by atoms with E-state index in [9.17, 15) is 4.79 Å². The maximum absolute atomic E-state index is 12.7. The number of piperazine rings is 1. The highest BCUT2D eigenvalue weighted by molar-refractivity contribution is 5.90. The van der Waals surface area contributed by atoms with Gasteiger partial charge < -0.3 is 20.1 Å². The largest absolute Gasteiger partial charge is 0.367 e. The molecule has 0 spiro atoms. The summed E-state index contributed by atoms with van der Waals surface area (Å²) in [6.45, 7) is 13.8. The van der Waals surface area contributed by atoms with Gasteiger partial charge in [0, 0.05) is 43.4 Å². The zero-order chi connectivity index (χ0) is 23.6. The van der Waals surface area contributed by atoms with Crippen LogP contribution < -0.4 is 15.5 Å². The number of anilines is 1. The van der Waals surface area contributed by atoms with E-state index >= 15 is 0 Å². The van der Waals surface area contributed by atoms with Gasteiger partial charge in [0.2, 0.25) is 5.89 Å². The van der Waals surface area contributed by atoms with Crippen LogP contribution in [-0.2, 0) is 5.41 Å². The first kappa shape index (κ1) is 22.9. The predicted octanol–water partition coefficient (Wildman–Crippen LogP) is 3.64. The molecule has 2 aromatic heterocycles. The molecule has 0 bridgehead atoms. The highest BCUT2D eigenvalue weighted by atomic mass is 16.5. The number of hydrogen-bond donors (Lipinski definition) is 2. The molecule has 0 saturated carbocycles. The molecule has 0 aliphatic carbocycles. The fourth-order valence-corrected chi connectivity index (χ4v) is 4.08. The minimum absolute atomic E-state index is 0.0542. The monoisotopic (exact) mass is 448 g/mol. The fraction of sp³-hybridized carbons (Fsp3) is 0.440. The van der Waals surface area contributed by atoms with Gasteiger partial charge in [-0.25, -0.2) is 0 Å². The number of amides is 1. The molecule has 1 aromatic carbocycles. The molecule has 4 rings (SSSR count). The standard InChI is InChI=1S/C25H32N6O2/c1-16-14-18(20-8-9-27-15-21(20)31-12-10-26-11-13-31)6-7-19(16)17(2)28-23(32)22-29-24(33-30-22)25(3,4)5/h6-9,14-15,17,26H,10-13H2,1-5H3,(H,28,32). The summed E-state index contributed by atoms with van der Waals surface area (Å²) in [6.07, 6.45) is 3.79. The Kier molecular flexibility index (Phi) is 6.47. The average Bonchev–Trinajstić information content (AvgIpc) is 3.31. The van der Waals surface area contributed by atoms with Crippen molar-refractivity contribution in [1.82, 2.24) is 25.8 Å². The molecule has 0 radical (unpaired) electrons. The van der Waals surface area contributed by atoms with Crippen LogP contribution in [0.15, 0.2) is 41.2 Å². The second-order valence-corrected chi connectivity index (χ2v) is 9.57. The number of aryl methyl sites for hydroxylation is 1. The van der Waals surface area contributed by atoms with Gasteiger partial charge in [0.05, 0.1) is 17.9 Å². The van der Waals surface area contributed by atoms with Crippen molar-refractivity contribution < 1.29 is 9.32 Å². The first-order valence-corrected chi connectivity index (χ1v) is 11.4. The van der Waals surface area contributed by atoms with E-state index in [4.69, 9.17) is 4.52 Å². The Balaban J connectivity index is 1.52. The molecular formula is C25H32N6O2. The number of rotatable bonds is 5. The Hall–Kier alpha value is -3.26. The maximum Gasteiger partial charge on any atom is 0.293 e. The van der Waals surface area contributed by atoms with Crippen molar-refractivity contribution in [2.45, 2.75) is 46.1 Å². The zero-order valence-corrected chi connectivity index (χ0v) is 20.0. The second kappa shape index (κ2) is 9.31. The summed E-state index contributed by atoms with van der Waals surface area (Å²) in [5.41, 5.74) is 5.30. The van der Waals surface area contributed by atoms with E-state index in [1.54, 1.807) is 0 Å². The lowest BCUT2D eigenvalue weighted by Gasteiger charge is -2.31. The molecule has 3 aromatic rings. The topological polar surface area (TPSA) is 96.2 Å². The van der Waals surface area contributed by atoms with Crippen LogP contribution in [0.4, 0.5) is 5.69 Å². The molecule has 8 nitrogen and oxygen atoms in total. The Morgan fingerprint density at radius 3 is 2.64 bits per heavy atom. The molecule has 1 aliphatic rings. The Morgan fingerprint density at radius 1 is 1.21 bits per heavy atom. The van der Waals surface area contributed by atoms with Gasteiger partial charge in [-0.1, -0.05) is 44.1 Å². The number of aromatic nitrogens is 3. The lowest BCUT2D eigenvalue weighted by atomic mass is 9.96. The van der Waals surface area contributed by atoms with Gasteiger partial charge in [-0.15, -0.1) is 0 Å². The number of carbonyl (C=O) groups excluding carboxylic acids is 1. The summed E-state index contributed by atoms with van der Waals surface area (Å²) in [5.74, 6) is 0.150. The molecule has 174 valence electrons. The second-order valence-electron chi connectivity index (χ2n) is 9.57. The maximum atomic E-state index is 12.7. The summed E-state index contributed by atoms with van der Waals surface area (Å²) < 4.78 is 5.25. The van der Waals surface area contributed by atoms with Crippen molar-refractivity contribution in [2.24, 2.45) is 0 Å². The predicted molar refractivity (Wildman–Crippen MR) is 128 cm³/mol. The van der Waals surface area contributed by atoms with Crippen LogP contribution >= 0.6 is 0 Å². The molecule has 1 aliphatic heterocycles. The van der Waals surface area contributed by atoms with Gasteiger partial charge >= 0.3 is 0 Å². The van der Waals surface area contributed by atoms with Gasteiger partial charge in [0.1, 0.15) is 0 Å². The summed E-state index contributed by atoms with van der Waals surface area (Å²) in [5, 5.41) is 10.2. The van der Waals surface area contributed by atoms with Crippen LogP contribution in [0.5, 0.6) is 0 Å². The molecule has 3 heterocycles. The third-order valence-corrected chi connectivity index (χ3v) is 5.92. The zero-order valence-electron chi connectivity index (χ0n) is 20.0. The number of pyridine rings is 1. The summed E-state index contributed by atoms with van der Waals surface area (Å²) in [4.78, 5) is 23.7. The van der Waals surface area contributed by atoms with E-state index in [-0.39, 0.29) is 23.2 Å². The Morgan fingerprint density at radius 2 is 1.97 bits per heavy atom. The minimum atomic E-state index is -0.347. The van der Waals surface area contributed by atoms with Crippen LogP contribution in [0.1, 0.15) is 61.4 Å². The highest BCUT2D eigenvalue weighted by Crippen LogP contribution is 2.32. The van der Waals surface area contributed by atoms with Crippen LogP contribution in [-0.4, -0.2) is 47.2 Å². The normalized spacial score (nSPS) is 15.4. The fourth-order valence-electron chi connectivity index (χ4n) is 4.08. The first-order valence-electron chi connectivity index (χ1n) is 11.4. The van der Waals surface area contributed by atoms with Crippen molar-refractivity contribution in [3.63, 3.8) is 0 Å². The molecule has 33 heavy (non-hydrogen) atoms. The molecule has 1 unspecified atom stereocenters. The van der Waals surface area contributed by atoms with E-state index in [0.717, 1.165) is 48.6 Å². The van der Waals surface area contributed by atoms with E-state index in [0.29, 0.717) is 5.89 Å². The molecule has 2 N–H and O–H groups in total. The third-order valence-electron chi connectivity index (χ3n) is 5.92. The Bertz CT molecular complexity index is 1130. The quantitative estimate of drug-likeness (QED) is 0.615. The number of benzene rings is 1. The highest BCUT2D eigenvalue weighted by Gasteiger charge is 2.25. The van der Waals surface area contributed by atoms with Crippen LogP contribution in [0.2, 0.25) is 0 Å². The van der Waals surface area contributed by atoms with E-state index < -0.39 is 0 Å². The van der Waals surface area contributed by atoms with Crippen molar-refractivity contribution in [2.75, 3.05) is 31.1 Å². The molecule has 8 heteroatoms. The summed E-state index contributed by atoms with van der Waals surface area (Å²) in [7, 11) is 0. The first-order chi connectivity index (χ1) is 15.7. The van der Waals surface area contributed by atoms with Gasteiger partial charge in [-0.05, 0) is 36.6 Å². The van der Waals surface area contributed by atoms with Crippen LogP contribution in [0, 0.1) is 6.92 Å². The number of nitrogens with zero attached hydrogens (tertiary/aromatic N) is 4. The third kappa shape index (κ3) is 5.06. The van der Waals surface area contributed by atoms with E-state index in [1.807, 2.05) is 40.1 Å². The van der Waals surface area contributed by atoms with Crippen molar-refractivity contribution in [3.8, 4) is 11.1 Å². The van der Waals surface area contributed by atoms with E-state index in [2.05, 4.69) is 61.8 Å². The van der Waals surface area contributed by atoms with Gasteiger partial charge in [0.25, 0.3) is 11.7 Å². The Labute approximate surface area is 194 Å². The van der Waals surface area contributed by atoms with Gasteiger partial charge in [0.15, 0.2) is 0 Å². The minimum Gasteiger partial charge on any atom is -0.367 e. The van der Waals surface area contributed by atoms with E-state index in [1.165, 1.54) is 5.56 Å². The number of nitrogens with one attached hydrogen (secondary N) is 2. The van der Waals surface area contributed by atoms with Crippen molar-refractivity contribution in [3.05, 3.63) is 59.5 Å². The lowest BCUT2D eigenvalue weighted by molar-refractivity contribution is 0.0926. The smallest absolute Gasteiger partial charge is 0.293 e. The molecule has 1 saturated heterocycles. The SMILES string of the molecule is Cc1cc(-c2ccncc2N2CCNCC2)ccc1C(C)NC(=O)c1noc(C(C)(C)C)n1. The van der Waals surface area contributed by atoms with Crippen LogP contribution in [0.25, 0.3) is 11.1 Å². The van der Waals surface area contributed by atoms with Crippen LogP contribution in [0.3, 0.4) is 0 Å². The van der Waals surface area contributed by atoms with Gasteiger partial charge in [-0.3, -0.25) is 9.78 Å². The molecule has 1 amide bonds. The summed E-state index contributed by atoms with van der Waals surface area (Å²) in [6, 6.07) is 8.23. The lowest BCUT2D eigenvalue weighted by Crippen LogP contribution is -2.43. The number of carbonyl (C=O) groups is 1. The molecule has 1 atom stereocenters. The molecular weight excluding hydrogens is 416 g/mol. The summed E-state index contributed by atoms with van der Waals surface area (Å²) >= 11 is 0. The van der Waals surface area contributed by atoms with Gasteiger partial charge in [-0.2, -0.15) is 4.98 Å².